The van der Waals surface area contributed by atoms with E-state index in [-0.39, 0.29) is 40.4 Å². The molecule has 6 heteroatoms. The van der Waals surface area contributed by atoms with Gasteiger partial charge in [-0.25, -0.2) is 0 Å². The maximum absolute atomic E-state index is 11.7. The van der Waals surface area contributed by atoms with Crippen LogP contribution in [0.4, 0.5) is 0 Å². The second-order valence-electron chi connectivity index (χ2n) is 11.7. The van der Waals surface area contributed by atoms with Gasteiger partial charge in [-0.3, -0.25) is 9.59 Å². The molecule has 4 N–H and O–H groups in total. The van der Waals surface area contributed by atoms with Crippen LogP contribution >= 0.6 is 0 Å². The second-order valence-corrected chi connectivity index (χ2v) is 11.7. The van der Waals surface area contributed by atoms with Gasteiger partial charge in [0, 0.05) is 11.5 Å². The van der Waals surface area contributed by atoms with Crippen molar-refractivity contribution < 1.29 is 30.0 Å². The summed E-state index contributed by atoms with van der Waals surface area (Å²) in [4.78, 5) is 23.4. The highest BCUT2D eigenvalue weighted by Crippen LogP contribution is 2.58. The summed E-state index contributed by atoms with van der Waals surface area (Å²) in [6, 6.07) is 0. The molecule has 0 radical (unpaired) electrons. The first kappa shape index (κ1) is 26.3. The van der Waals surface area contributed by atoms with Crippen molar-refractivity contribution in [2.45, 2.75) is 85.2 Å². The average molecular weight is 473 g/mol. The van der Waals surface area contributed by atoms with Gasteiger partial charge in [0.25, 0.3) is 0 Å². The first-order chi connectivity index (χ1) is 15.8. The Labute approximate surface area is 202 Å². The molecule has 1 aromatic carbocycles. The molecule has 2 unspecified atom stereocenters. The molecule has 0 saturated heterocycles. The van der Waals surface area contributed by atoms with Gasteiger partial charge in [0.15, 0.2) is 12.6 Å². The Morgan fingerprint density at radius 2 is 1.59 bits per heavy atom. The lowest BCUT2D eigenvalue weighted by molar-refractivity contribution is -0.0265. The smallest absolute Gasteiger partial charge is 0.157 e. The number of hydrogen-bond donors (Lipinski definition) is 4. The molecule has 2 aliphatic carbocycles. The van der Waals surface area contributed by atoms with Crippen molar-refractivity contribution in [1.29, 1.82) is 0 Å². The molecule has 1 fully saturated rings. The van der Waals surface area contributed by atoms with E-state index >= 15 is 0 Å². The molecular formula is C28H40O6. The quantitative estimate of drug-likeness (QED) is 0.298. The van der Waals surface area contributed by atoms with E-state index in [0.29, 0.717) is 24.9 Å². The van der Waals surface area contributed by atoms with Crippen LogP contribution < -0.4 is 0 Å². The van der Waals surface area contributed by atoms with Crippen LogP contribution in [-0.4, -0.2) is 38.6 Å². The fraction of sp³-hybridized carbons (Fsp3) is 0.643. The van der Waals surface area contributed by atoms with Crippen molar-refractivity contribution in [3.63, 3.8) is 0 Å². The minimum Gasteiger partial charge on any atom is -0.507 e. The number of allylic oxidation sites excluding steroid dienone is 2. The van der Waals surface area contributed by atoms with E-state index in [1.165, 1.54) is 5.57 Å². The third-order valence-electron chi connectivity index (χ3n) is 8.41. The van der Waals surface area contributed by atoms with Crippen molar-refractivity contribution in [1.82, 2.24) is 0 Å². The largest absolute Gasteiger partial charge is 0.507 e. The number of rotatable bonds is 7. The Hall–Kier alpha value is -2.34. The summed E-state index contributed by atoms with van der Waals surface area (Å²) < 4.78 is 0. The molecule has 3 rings (SSSR count). The molecule has 2 aliphatic rings. The van der Waals surface area contributed by atoms with E-state index < -0.39 is 28.3 Å². The van der Waals surface area contributed by atoms with Crippen LogP contribution in [0, 0.1) is 29.1 Å². The number of benzene rings is 1. The normalized spacial score (nSPS) is 28.2. The van der Waals surface area contributed by atoms with E-state index in [1.807, 2.05) is 13.8 Å². The fourth-order valence-corrected chi connectivity index (χ4v) is 6.57. The Kier molecular flexibility index (Phi) is 7.24. The number of aldehydes is 2. The molecule has 0 spiro atoms. The number of aliphatic hydroxyl groups is 1. The minimum atomic E-state index is -0.778. The standard InChI is InChI=1S/C28H40O6/c1-15(2)11-22(23-25(32)19(13-29)24(31)20(14-30)26(23)33)28(6)10-9-17-18(12-28)16(3)7-8-21(17)27(4,5)34/h12-17,21-22,31-34H,7-11H2,1-6H3/t16?,17?,21-,22-,28+/m0/s1. The van der Waals surface area contributed by atoms with Gasteiger partial charge < -0.3 is 20.4 Å². The van der Waals surface area contributed by atoms with Gasteiger partial charge in [-0.1, -0.05) is 39.3 Å². The molecule has 0 heterocycles. The number of phenols is 3. The molecule has 5 atom stereocenters. The lowest BCUT2D eigenvalue weighted by atomic mass is 9.55. The molecule has 0 bridgehead atoms. The Balaban J connectivity index is 2.21. The Bertz CT molecular complexity index is 951. The van der Waals surface area contributed by atoms with Crippen LogP contribution in [0.1, 0.15) is 106 Å². The Morgan fingerprint density at radius 1 is 1.03 bits per heavy atom. The molecule has 0 amide bonds. The number of phenolic OH excluding ortho intramolecular Hbond substituents is 3. The summed E-state index contributed by atoms with van der Waals surface area (Å²) >= 11 is 0. The predicted molar refractivity (Wildman–Crippen MR) is 132 cm³/mol. The lowest BCUT2D eigenvalue weighted by Crippen LogP contribution is -2.44. The highest BCUT2D eigenvalue weighted by Gasteiger charge is 2.47. The molecule has 1 saturated carbocycles. The zero-order chi connectivity index (χ0) is 25.6. The number of aromatic hydroxyl groups is 3. The highest BCUT2D eigenvalue weighted by molar-refractivity contribution is 5.95. The van der Waals surface area contributed by atoms with Crippen LogP contribution in [-0.2, 0) is 0 Å². The van der Waals surface area contributed by atoms with Gasteiger partial charge in [0.05, 0.1) is 16.7 Å². The summed E-state index contributed by atoms with van der Waals surface area (Å²) in [7, 11) is 0. The van der Waals surface area contributed by atoms with Crippen molar-refractivity contribution in [2.24, 2.45) is 29.1 Å². The van der Waals surface area contributed by atoms with Gasteiger partial charge in [0.2, 0.25) is 0 Å². The molecule has 6 nitrogen and oxygen atoms in total. The second kappa shape index (κ2) is 9.37. The first-order valence-corrected chi connectivity index (χ1v) is 12.4. The van der Waals surface area contributed by atoms with E-state index in [2.05, 4.69) is 33.8 Å². The van der Waals surface area contributed by atoms with Gasteiger partial charge in [-0.2, -0.15) is 0 Å². The van der Waals surface area contributed by atoms with Crippen molar-refractivity contribution in [2.75, 3.05) is 0 Å². The minimum absolute atomic E-state index is 0.149. The zero-order valence-corrected chi connectivity index (χ0v) is 21.3. The highest BCUT2D eigenvalue weighted by atomic mass is 16.3. The predicted octanol–water partition coefficient (Wildman–Crippen LogP) is 5.72. The van der Waals surface area contributed by atoms with Gasteiger partial charge in [-0.05, 0) is 75.0 Å². The van der Waals surface area contributed by atoms with Crippen LogP contribution in [0.3, 0.4) is 0 Å². The maximum Gasteiger partial charge on any atom is 0.157 e. The first-order valence-electron chi connectivity index (χ1n) is 12.4. The van der Waals surface area contributed by atoms with Crippen LogP contribution in [0.2, 0.25) is 0 Å². The molecule has 34 heavy (non-hydrogen) atoms. The fourth-order valence-electron chi connectivity index (χ4n) is 6.57. The van der Waals surface area contributed by atoms with Gasteiger partial charge in [-0.15, -0.1) is 0 Å². The lowest BCUT2D eigenvalue weighted by Gasteiger charge is -2.50. The van der Waals surface area contributed by atoms with Crippen LogP contribution in [0.25, 0.3) is 0 Å². The van der Waals surface area contributed by atoms with Crippen molar-refractivity contribution in [3.05, 3.63) is 28.3 Å². The maximum atomic E-state index is 11.7. The summed E-state index contributed by atoms with van der Waals surface area (Å²) in [6.07, 6.45) is 7.14. The van der Waals surface area contributed by atoms with Crippen LogP contribution in [0.5, 0.6) is 17.2 Å². The van der Waals surface area contributed by atoms with Gasteiger partial charge in [0.1, 0.15) is 17.2 Å². The summed E-state index contributed by atoms with van der Waals surface area (Å²) in [5.74, 6) is -1.000. The zero-order valence-electron chi connectivity index (χ0n) is 21.3. The van der Waals surface area contributed by atoms with Crippen LogP contribution in [0.15, 0.2) is 11.6 Å². The number of carbonyl (C=O) groups excluding carboxylic acids is 2. The number of hydrogen-bond acceptors (Lipinski definition) is 6. The molecular weight excluding hydrogens is 432 g/mol. The average Bonchev–Trinajstić information content (AvgIpc) is 2.73. The third-order valence-corrected chi connectivity index (χ3v) is 8.41. The molecule has 1 aromatic rings. The number of fused-ring (bicyclic) bond motifs is 1. The molecule has 188 valence electrons. The Morgan fingerprint density at radius 3 is 2.06 bits per heavy atom. The van der Waals surface area contributed by atoms with Crippen molar-refractivity contribution in [3.8, 4) is 17.2 Å². The summed E-state index contributed by atoms with van der Waals surface area (Å²) in [5.41, 5.74) is -0.525. The van der Waals surface area contributed by atoms with Gasteiger partial charge >= 0.3 is 0 Å². The molecule has 0 aliphatic heterocycles. The van der Waals surface area contributed by atoms with E-state index in [9.17, 15) is 30.0 Å². The molecule has 0 aromatic heterocycles. The monoisotopic (exact) mass is 472 g/mol. The summed E-state index contributed by atoms with van der Waals surface area (Å²) in [5, 5.41) is 43.1. The SMILES string of the molecule is CC(C)C[C@@H](c1c(O)c(C=O)c(O)c(C=O)c1O)[C@@]1(C)C=C2C(C)CC[C@H](C(C)(C)O)C2CC1. The topological polar surface area (TPSA) is 115 Å². The van der Waals surface area contributed by atoms with E-state index in [4.69, 9.17) is 0 Å². The van der Waals surface area contributed by atoms with E-state index in [1.54, 1.807) is 0 Å². The van der Waals surface area contributed by atoms with E-state index in [0.717, 1.165) is 25.7 Å². The van der Waals surface area contributed by atoms with Crippen molar-refractivity contribution >= 4 is 12.6 Å². The number of carbonyl (C=O) groups is 2. The third kappa shape index (κ3) is 4.49. The summed E-state index contributed by atoms with van der Waals surface area (Å²) in [6.45, 7) is 12.2.